The van der Waals surface area contributed by atoms with Gasteiger partial charge in [0.15, 0.2) is 0 Å². The third-order valence-electron chi connectivity index (χ3n) is 5.01. The lowest BCUT2D eigenvalue weighted by Crippen LogP contribution is -2.32. The van der Waals surface area contributed by atoms with Gasteiger partial charge in [-0.2, -0.15) is 0 Å². The van der Waals surface area contributed by atoms with E-state index in [-0.39, 0.29) is 29.2 Å². The van der Waals surface area contributed by atoms with Crippen LogP contribution in [0.1, 0.15) is 28.6 Å². The Morgan fingerprint density at radius 3 is 2.71 bits per heavy atom. The zero-order chi connectivity index (χ0) is 24.1. The second kappa shape index (κ2) is 10.4. The zero-order valence-electron chi connectivity index (χ0n) is 18.8. The van der Waals surface area contributed by atoms with Crippen LogP contribution in [0.25, 0.3) is 17.4 Å². The Hall–Kier alpha value is -3.78. The maximum absolute atomic E-state index is 12.7. The highest BCUT2D eigenvalue weighted by Gasteiger charge is 2.35. The number of furan rings is 1. The molecule has 34 heavy (non-hydrogen) atoms. The van der Waals surface area contributed by atoms with Crippen LogP contribution in [0.4, 0.5) is 4.79 Å². The molecule has 0 spiro atoms. The summed E-state index contributed by atoms with van der Waals surface area (Å²) in [7, 11) is 0. The molecule has 1 fully saturated rings. The molecule has 8 heteroatoms. The summed E-state index contributed by atoms with van der Waals surface area (Å²) in [6, 6.07) is 17.9. The molecule has 0 saturated carbocycles. The van der Waals surface area contributed by atoms with Crippen molar-refractivity contribution in [2.75, 3.05) is 19.8 Å². The van der Waals surface area contributed by atoms with Gasteiger partial charge in [0, 0.05) is 11.6 Å². The van der Waals surface area contributed by atoms with Gasteiger partial charge < -0.3 is 13.9 Å². The van der Waals surface area contributed by atoms with Crippen LogP contribution in [0.5, 0.6) is 5.75 Å². The van der Waals surface area contributed by atoms with Crippen molar-refractivity contribution < 1.29 is 28.3 Å². The normalized spacial score (nSPS) is 14.6. The van der Waals surface area contributed by atoms with Crippen molar-refractivity contribution in [2.45, 2.75) is 13.8 Å². The van der Waals surface area contributed by atoms with Gasteiger partial charge in [-0.25, -0.2) is 4.79 Å². The van der Waals surface area contributed by atoms with E-state index in [1.165, 1.54) is 4.90 Å². The Kier molecular flexibility index (Phi) is 7.18. The number of hydrogen-bond acceptors (Lipinski definition) is 7. The third-order valence-corrected chi connectivity index (χ3v) is 5.91. The first kappa shape index (κ1) is 23.4. The van der Waals surface area contributed by atoms with E-state index in [0.717, 1.165) is 17.3 Å². The maximum atomic E-state index is 12.7. The summed E-state index contributed by atoms with van der Waals surface area (Å²) >= 11 is 0.864. The summed E-state index contributed by atoms with van der Waals surface area (Å²) in [5.41, 5.74) is 2.19. The van der Waals surface area contributed by atoms with Crippen molar-refractivity contribution in [2.24, 2.45) is 0 Å². The number of nitrogens with zero attached hydrogens (tertiary/aromatic N) is 1. The summed E-state index contributed by atoms with van der Waals surface area (Å²) < 4.78 is 16.6. The largest absolute Gasteiger partial charge is 0.492 e. The van der Waals surface area contributed by atoms with Crippen molar-refractivity contribution in [3.05, 3.63) is 82.5 Å². The topological polar surface area (TPSA) is 86.0 Å². The van der Waals surface area contributed by atoms with Gasteiger partial charge in [-0.15, -0.1) is 0 Å². The van der Waals surface area contributed by atoms with Gasteiger partial charge in [0.05, 0.1) is 23.6 Å². The number of hydrogen-bond donors (Lipinski definition) is 0. The van der Waals surface area contributed by atoms with Crippen molar-refractivity contribution >= 4 is 35.0 Å². The first-order valence-electron chi connectivity index (χ1n) is 10.8. The van der Waals surface area contributed by atoms with Crippen LogP contribution in [0, 0.1) is 6.92 Å². The molecule has 0 N–H and O–H groups in total. The van der Waals surface area contributed by atoms with E-state index < -0.39 is 5.97 Å². The van der Waals surface area contributed by atoms with Crippen LogP contribution in [0.3, 0.4) is 0 Å². The smallest absolute Gasteiger partial charge is 0.338 e. The minimum atomic E-state index is -0.406. The molecule has 0 unspecified atom stereocenters. The fraction of sp³-hybridized carbons (Fsp3) is 0.192. The molecule has 0 bridgehead atoms. The minimum Gasteiger partial charge on any atom is -0.492 e. The number of rotatable bonds is 8. The molecule has 1 aliphatic heterocycles. The monoisotopic (exact) mass is 477 g/mol. The average molecular weight is 478 g/mol. The number of aryl methyl sites for hydroxylation is 1. The lowest BCUT2D eigenvalue weighted by Gasteiger charge is -2.13. The van der Waals surface area contributed by atoms with Gasteiger partial charge in [-0.05, 0) is 67.6 Å². The van der Waals surface area contributed by atoms with Crippen LogP contribution in [-0.4, -0.2) is 41.8 Å². The van der Waals surface area contributed by atoms with E-state index in [9.17, 15) is 14.4 Å². The summed E-state index contributed by atoms with van der Waals surface area (Å²) in [6.45, 7) is 4.36. The Labute approximate surface area is 201 Å². The quantitative estimate of drug-likeness (QED) is 0.311. The first-order valence-corrected chi connectivity index (χ1v) is 11.6. The standard InChI is InChI=1S/C26H23NO6S/c1-3-31-25(29)19-8-5-7-18(15-19)22-11-10-21(33-22)16-23-24(28)27(26(30)34-23)12-13-32-20-9-4-6-17(2)14-20/h4-11,14-16H,3,12-13H2,1-2H3/b23-16-. The van der Waals surface area contributed by atoms with E-state index in [1.54, 1.807) is 43.3 Å². The predicted molar refractivity (Wildman–Crippen MR) is 129 cm³/mol. The number of benzene rings is 2. The molecule has 0 radical (unpaired) electrons. The van der Waals surface area contributed by atoms with Crippen LogP contribution < -0.4 is 4.74 Å². The van der Waals surface area contributed by atoms with E-state index in [2.05, 4.69) is 0 Å². The third kappa shape index (κ3) is 5.40. The van der Waals surface area contributed by atoms with Crippen LogP contribution >= 0.6 is 11.8 Å². The predicted octanol–water partition coefficient (Wildman–Crippen LogP) is 5.55. The van der Waals surface area contributed by atoms with Crippen LogP contribution in [-0.2, 0) is 9.53 Å². The van der Waals surface area contributed by atoms with Gasteiger partial charge >= 0.3 is 5.97 Å². The Bertz CT molecular complexity index is 1260. The molecule has 7 nitrogen and oxygen atoms in total. The highest BCUT2D eigenvalue weighted by molar-refractivity contribution is 8.18. The molecule has 0 aliphatic carbocycles. The fourth-order valence-electron chi connectivity index (χ4n) is 3.38. The number of amides is 2. The van der Waals surface area contributed by atoms with Crippen molar-refractivity contribution in [1.29, 1.82) is 0 Å². The van der Waals surface area contributed by atoms with Crippen molar-refractivity contribution in [3.63, 3.8) is 0 Å². The summed E-state index contributed by atoms with van der Waals surface area (Å²) in [5.74, 6) is 0.861. The maximum Gasteiger partial charge on any atom is 0.338 e. The Morgan fingerprint density at radius 1 is 1.09 bits per heavy atom. The SMILES string of the molecule is CCOC(=O)c1cccc(-c2ccc(/C=C3\SC(=O)N(CCOc4cccc(C)c4)C3=O)o2)c1. The molecule has 1 saturated heterocycles. The Balaban J connectivity index is 1.42. The highest BCUT2D eigenvalue weighted by atomic mass is 32.2. The molecule has 174 valence electrons. The van der Waals surface area contributed by atoms with Gasteiger partial charge in [0.1, 0.15) is 23.9 Å². The average Bonchev–Trinajstić information content (AvgIpc) is 3.39. The number of thioether (sulfide) groups is 1. The van der Waals surface area contributed by atoms with Crippen molar-refractivity contribution in [1.82, 2.24) is 4.90 Å². The number of imide groups is 1. The fourth-order valence-corrected chi connectivity index (χ4v) is 4.23. The Morgan fingerprint density at radius 2 is 1.91 bits per heavy atom. The minimum absolute atomic E-state index is 0.153. The lowest BCUT2D eigenvalue weighted by molar-refractivity contribution is -0.123. The number of carbonyl (C=O) groups excluding carboxylic acids is 3. The number of carbonyl (C=O) groups is 3. The zero-order valence-corrected chi connectivity index (χ0v) is 19.6. The molecule has 1 aromatic heterocycles. The van der Waals surface area contributed by atoms with Gasteiger partial charge in [0.25, 0.3) is 11.1 Å². The van der Waals surface area contributed by atoms with Crippen LogP contribution in [0.2, 0.25) is 0 Å². The molecule has 4 rings (SSSR count). The lowest BCUT2D eigenvalue weighted by atomic mass is 10.1. The molecule has 2 aromatic carbocycles. The summed E-state index contributed by atoms with van der Waals surface area (Å²) in [5, 5.41) is -0.349. The second-order valence-electron chi connectivity index (χ2n) is 7.50. The molecule has 3 aromatic rings. The molecule has 1 aliphatic rings. The molecular weight excluding hydrogens is 454 g/mol. The highest BCUT2D eigenvalue weighted by Crippen LogP contribution is 2.33. The summed E-state index contributed by atoms with van der Waals surface area (Å²) in [4.78, 5) is 38.5. The van der Waals surface area contributed by atoms with Crippen LogP contribution in [0.15, 0.2) is 70.0 Å². The molecule has 2 heterocycles. The van der Waals surface area contributed by atoms with Gasteiger partial charge in [-0.3, -0.25) is 14.5 Å². The molecule has 2 amide bonds. The van der Waals surface area contributed by atoms with E-state index >= 15 is 0 Å². The van der Waals surface area contributed by atoms with Crippen molar-refractivity contribution in [3.8, 4) is 17.1 Å². The van der Waals surface area contributed by atoms with E-state index in [0.29, 0.717) is 35.0 Å². The molecule has 0 atom stereocenters. The number of esters is 1. The van der Waals surface area contributed by atoms with E-state index in [1.807, 2.05) is 37.3 Å². The van der Waals surface area contributed by atoms with Gasteiger partial charge in [0.2, 0.25) is 0 Å². The van der Waals surface area contributed by atoms with Gasteiger partial charge in [-0.1, -0.05) is 24.3 Å². The molecular formula is C26H23NO6S. The van der Waals surface area contributed by atoms with E-state index in [4.69, 9.17) is 13.9 Å². The first-order chi connectivity index (χ1) is 16.4. The second-order valence-corrected chi connectivity index (χ2v) is 8.49. The summed E-state index contributed by atoms with van der Waals surface area (Å²) in [6.07, 6.45) is 1.55. The number of ether oxygens (including phenoxy) is 2.